The standard InChI is InChI=1S/C10H21NO3Si/c1-6-10(12)11(2)8-7-9-15(5,13-3)14-4/h6H,1,7-9H2,2-5H3. The van der Waals surface area contributed by atoms with Crippen LogP contribution in [0.15, 0.2) is 12.7 Å². The third-order valence-electron chi connectivity index (χ3n) is 2.54. The highest BCUT2D eigenvalue weighted by atomic mass is 28.4. The van der Waals surface area contributed by atoms with E-state index in [1.54, 1.807) is 26.2 Å². The molecule has 0 aromatic carbocycles. The van der Waals surface area contributed by atoms with Gasteiger partial charge in [-0.05, 0) is 25.1 Å². The van der Waals surface area contributed by atoms with Crippen molar-refractivity contribution in [3.8, 4) is 0 Å². The van der Waals surface area contributed by atoms with E-state index in [1.807, 2.05) is 6.55 Å². The van der Waals surface area contributed by atoms with Gasteiger partial charge in [0.15, 0.2) is 0 Å². The summed E-state index contributed by atoms with van der Waals surface area (Å²) in [5.74, 6) is -0.0480. The first-order valence-electron chi connectivity index (χ1n) is 4.97. The molecule has 1 amide bonds. The summed E-state index contributed by atoms with van der Waals surface area (Å²) in [7, 11) is 3.14. The van der Waals surface area contributed by atoms with Gasteiger partial charge in [0, 0.05) is 27.8 Å². The molecule has 0 saturated carbocycles. The van der Waals surface area contributed by atoms with Crippen molar-refractivity contribution in [1.29, 1.82) is 0 Å². The van der Waals surface area contributed by atoms with Crippen molar-refractivity contribution in [3.63, 3.8) is 0 Å². The Bertz CT molecular complexity index is 217. The summed E-state index contributed by atoms with van der Waals surface area (Å²) in [4.78, 5) is 12.8. The van der Waals surface area contributed by atoms with Crippen LogP contribution in [0.3, 0.4) is 0 Å². The van der Waals surface area contributed by atoms with E-state index in [1.165, 1.54) is 6.08 Å². The van der Waals surface area contributed by atoms with Gasteiger partial charge in [-0.3, -0.25) is 4.79 Å². The highest BCUT2D eigenvalue weighted by molar-refractivity contribution is 6.65. The second-order valence-corrected chi connectivity index (χ2v) is 7.19. The Kier molecular flexibility index (Phi) is 6.47. The number of likely N-dealkylation sites (N-methyl/N-ethyl adjacent to an activating group) is 1. The van der Waals surface area contributed by atoms with Crippen LogP contribution >= 0.6 is 0 Å². The van der Waals surface area contributed by atoms with E-state index in [0.717, 1.165) is 12.5 Å². The topological polar surface area (TPSA) is 38.8 Å². The lowest BCUT2D eigenvalue weighted by Gasteiger charge is -2.23. The lowest BCUT2D eigenvalue weighted by atomic mass is 10.4. The molecule has 0 atom stereocenters. The van der Waals surface area contributed by atoms with Crippen LogP contribution in [0.4, 0.5) is 0 Å². The first-order chi connectivity index (χ1) is 6.99. The van der Waals surface area contributed by atoms with E-state index in [0.29, 0.717) is 6.54 Å². The molecule has 0 fully saturated rings. The molecule has 0 aromatic heterocycles. The maximum absolute atomic E-state index is 11.2. The maximum atomic E-state index is 11.2. The SMILES string of the molecule is C=CC(=O)N(C)CCC[Si](C)(OC)OC. The van der Waals surface area contributed by atoms with Crippen molar-refractivity contribution in [2.45, 2.75) is 19.0 Å². The fourth-order valence-electron chi connectivity index (χ4n) is 1.19. The minimum Gasteiger partial charge on any atom is -0.398 e. The second-order valence-electron chi connectivity index (χ2n) is 3.61. The summed E-state index contributed by atoms with van der Waals surface area (Å²) >= 11 is 0. The minimum absolute atomic E-state index is 0.0480. The maximum Gasteiger partial charge on any atom is 0.334 e. The van der Waals surface area contributed by atoms with E-state index < -0.39 is 8.56 Å². The smallest absolute Gasteiger partial charge is 0.334 e. The molecule has 0 heterocycles. The number of rotatable bonds is 7. The van der Waals surface area contributed by atoms with Crippen LogP contribution < -0.4 is 0 Å². The van der Waals surface area contributed by atoms with Crippen molar-refractivity contribution in [2.75, 3.05) is 27.8 Å². The Labute approximate surface area is 93.1 Å². The first-order valence-corrected chi connectivity index (χ1v) is 7.49. The van der Waals surface area contributed by atoms with Gasteiger partial charge in [-0.25, -0.2) is 0 Å². The average molecular weight is 231 g/mol. The summed E-state index contributed by atoms with van der Waals surface area (Å²) < 4.78 is 10.7. The highest BCUT2D eigenvalue weighted by Crippen LogP contribution is 2.13. The van der Waals surface area contributed by atoms with Crippen molar-refractivity contribution < 1.29 is 13.6 Å². The van der Waals surface area contributed by atoms with Gasteiger partial charge in [0.25, 0.3) is 0 Å². The molecule has 0 aromatic rings. The van der Waals surface area contributed by atoms with Crippen LogP contribution in [0, 0.1) is 0 Å². The second kappa shape index (κ2) is 6.76. The molecule has 0 aliphatic heterocycles. The van der Waals surface area contributed by atoms with E-state index in [9.17, 15) is 4.79 Å². The van der Waals surface area contributed by atoms with Crippen LogP contribution in [0.25, 0.3) is 0 Å². The molecule has 5 heteroatoms. The van der Waals surface area contributed by atoms with Crippen molar-refractivity contribution in [1.82, 2.24) is 4.90 Å². The Morgan fingerprint density at radius 3 is 2.40 bits per heavy atom. The Morgan fingerprint density at radius 2 is 2.00 bits per heavy atom. The largest absolute Gasteiger partial charge is 0.398 e. The van der Waals surface area contributed by atoms with Crippen LogP contribution in [0.5, 0.6) is 0 Å². The summed E-state index contributed by atoms with van der Waals surface area (Å²) in [6.07, 6.45) is 2.21. The zero-order chi connectivity index (χ0) is 11.9. The molecule has 15 heavy (non-hydrogen) atoms. The van der Waals surface area contributed by atoms with Crippen LogP contribution in [-0.2, 0) is 13.6 Å². The highest BCUT2D eigenvalue weighted by Gasteiger charge is 2.27. The van der Waals surface area contributed by atoms with Gasteiger partial charge in [0.05, 0.1) is 0 Å². The molecule has 0 aliphatic carbocycles. The van der Waals surface area contributed by atoms with Gasteiger partial charge in [-0.1, -0.05) is 6.58 Å². The van der Waals surface area contributed by atoms with Gasteiger partial charge in [0.1, 0.15) is 0 Å². The van der Waals surface area contributed by atoms with Gasteiger partial charge < -0.3 is 13.8 Å². The Balaban J connectivity index is 3.87. The van der Waals surface area contributed by atoms with Crippen LogP contribution in [-0.4, -0.2) is 47.2 Å². The third-order valence-corrected chi connectivity index (χ3v) is 5.53. The third kappa shape index (κ3) is 5.11. The van der Waals surface area contributed by atoms with Crippen LogP contribution in [0.1, 0.15) is 6.42 Å². The molecule has 0 spiro atoms. The molecule has 0 bridgehead atoms. The van der Waals surface area contributed by atoms with Gasteiger partial charge >= 0.3 is 8.56 Å². The normalized spacial score (nSPS) is 11.2. The monoisotopic (exact) mass is 231 g/mol. The van der Waals surface area contributed by atoms with E-state index in [-0.39, 0.29) is 5.91 Å². The fraction of sp³-hybridized carbons (Fsp3) is 0.700. The number of carbonyl (C=O) groups excluding carboxylic acids is 1. The number of nitrogens with zero attached hydrogens (tertiary/aromatic N) is 1. The van der Waals surface area contributed by atoms with Crippen molar-refractivity contribution in [3.05, 3.63) is 12.7 Å². The molecule has 4 nitrogen and oxygen atoms in total. The fourth-order valence-corrected chi connectivity index (χ4v) is 2.57. The molecule has 0 radical (unpaired) electrons. The molecule has 0 saturated heterocycles. The summed E-state index contributed by atoms with van der Waals surface area (Å²) in [5, 5.41) is 0. The molecule has 0 unspecified atom stereocenters. The zero-order valence-corrected chi connectivity index (χ0v) is 11.1. The predicted molar refractivity (Wildman–Crippen MR) is 62.9 cm³/mol. The lowest BCUT2D eigenvalue weighted by Crippen LogP contribution is -2.37. The summed E-state index contributed by atoms with van der Waals surface area (Å²) in [6, 6.07) is 0.884. The van der Waals surface area contributed by atoms with Crippen molar-refractivity contribution >= 4 is 14.5 Å². The van der Waals surface area contributed by atoms with Gasteiger partial charge in [0.2, 0.25) is 5.91 Å². The molecule has 0 aliphatic rings. The molecule has 0 rings (SSSR count). The zero-order valence-electron chi connectivity index (χ0n) is 10.1. The minimum atomic E-state index is -1.97. The molecular formula is C10H21NO3Si. The summed E-state index contributed by atoms with van der Waals surface area (Å²) in [6.45, 7) is 6.16. The molecule has 88 valence electrons. The average Bonchev–Trinajstić information content (AvgIpc) is 2.27. The van der Waals surface area contributed by atoms with Crippen molar-refractivity contribution in [2.24, 2.45) is 0 Å². The lowest BCUT2D eigenvalue weighted by molar-refractivity contribution is -0.124. The molecule has 0 N–H and O–H groups in total. The van der Waals surface area contributed by atoms with Gasteiger partial charge in [-0.15, -0.1) is 0 Å². The first kappa shape index (κ1) is 14.3. The van der Waals surface area contributed by atoms with E-state index >= 15 is 0 Å². The quantitative estimate of drug-likeness (QED) is 0.491. The number of amides is 1. The number of hydrogen-bond acceptors (Lipinski definition) is 3. The number of carbonyl (C=O) groups is 1. The van der Waals surface area contributed by atoms with E-state index in [2.05, 4.69) is 6.58 Å². The van der Waals surface area contributed by atoms with E-state index in [4.69, 9.17) is 8.85 Å². The molecular weight excluding hydrogens is 210 g/mol. The summed E-state index contributed by atoms with van der Waals surface area (Å²) in [5.41, 5.74) is 0. The Morgan fingerprint density at radius 1 is 1.47 bits per heavy atom. The Hall–Kier alpha value is -0.653. The number of hydrogen-bond donors (Lipinski definition) is 0. The van der Waals surface area contributed by atoms with Gasteiger partial charge in [-0.2, -0.15) is 0 Å². The van der Waals surface area contributed by atoms with Crippen LogP contribution in [0.2, 0.25) is 12.6 Å². The predicted octanol–water partition coefficient (Wildman–Crippen LogP) is 1.39.